The van der Waals surface area contributed by atoms with Crippen molar-refractivity contribution in [3.63, 3.8) is 0 Å². The molecule has 0 aliphatic carbocycles. The van der Waals surface area contributed by atoms with E-state index in [4.69, 9.17) is 0 Å². The number of nitrogens with zero attached hydrogens (tertiary/aromatic N) is 4. The number of alkyl halides is 3. The lowest BCUT2D eigenvalue weighted by Gasteiger charge is -2.13. The van der Waals surface area contributed by atoms with E-state index in [1.54, 1.807) is 11.8 Å². The van der Waals surface area contributed by atoms with Crippen LogP contribution in [-0.2, 0) is 33.8 Å². The van der Waals surface area contributed by atoms with E-state index >= 15 is 0 Å². The molecule has 0 radical (unpaired) electrons. The van der Waals surface area contributed by atoms with Crippen LogP contribution in [0.4, 0.5) is 13.2 Å². The summed E-state index contributed by atoms with van der Waals surface area (Å²) >= 11 is 0. The largest absolute Gasteiger partial charge is 0.435 e. The van der Waals surface area contributed by atoms with Crippen molar-refractivity contribution in [2.24, 2.45) is 7.05 Å². The smallest absolute Gasteiger partial charge is 0.276 e. The topological polar surface area (TPSA) is 98.9 Å². The first kappa shape index (κ1) is 18.0. The van der Waals surface area contributed by atoms with Crippen molar-refractivity contribution in [2.45, 2.75) is 24.9 Å². The molecule has 1 N–H and O–H groups in total. The third kappa shape index (κ3) is 4.34. The third-order valence-corrected chi connectivity index (χ3v) is 4.23. The molecule has 0 saturated heterocycles. The van der Waals surface area contributed by atoms with Gasteiger partial charge in [-0.05, 0) is 19.1 Å². The lowest BCUT2D eigenvalue weighted by molar-refractivity contribution is -0.142. The molecule has 2 aromatic heterocycles. The van der Waals surface area contributed by atoms with Gasteiger partial charge in [-0.1, -0.05) is 0 Å². The maximum Gasteiger partial charge on any atom is 0.435 e. The lowest BCUT2D eigenvalue weighted by atomic mass is 10.3. The van der Waals surface area contributed by atoms with Crippen molar-refractivity contribution in [1.82, 2.24) is 24.3 Å². The normalized spacial score (nSPS) is 13.7. The Labute approximate surface area is 135 Å². The molecule has 0 aliphatic rings. The van der Waals surface area contributed by atoms with Gasteiger partial charge in [0.15, 0.2) is 5.69 Å². The van der Waals surface area contributed by atoms with Crippen LogP contribution in [0, 0.1) is 0 Å². The number of halogens is 3. The fourth-order valence-corrected chi connectivity index (χ4v) is 2.93. The van der Waals surface area contributed by atoms with Gasteiger partial charge in [-0.25, -0.2) is 8.42 Å². The summed E-state index contributed by atoms with van der Waals surface area (Å²) in [5.41, 5.74) is -0.942. The standard InChI is InChI=1S/C12H14F3N5O3S/c1-8(20-6-4-10(17-20)12(13,14)15)11(21)18-24(22,23)7-9-3-5-19(2)16-9/h3-6,8H,7H2,1-2H3,(H,18,21). The number of hydrogen-bond donors (Lipinski definition) is 1. The Morgan fingerprint density at radius 1 is 1.29 bits per heavy atom. The molecule has 0 aliphatic heterocycles. The summed E-state index contributed by atoms with van der Waals surface area (Å²) in [5.74, 6) is -1.53. The predicted molar refractivity (Wildman–Crippen MR) is 75.9 cm³/mol. The van der Waals surface area contributed by atoms with Crippen LogP contribution in [0.25, 0.3) is 0 Å². The number of aromatic nitrogens is 4. The van der Waals surface area contributed by atoms with Gasteiger partial charge in [-0.15, -0.1) is 0 Å². The molecule has 2 aromatic rings. The van der Waals surface area contributed by atoms with Crippen LogP contribution < -0.4 is 4.72 Å². The minimum atomic E-state index is -4.65. The van der Waals surface area contributed by atoms with Gasteiger partial charge in [0.25, 0.3) is 5.91 Å². The fourth-order valence-electron chi connectivity index (χ4n) is 1.83. The summed E-state index contributed by atoms with van der Waals surface area (Å²) in [7, 11) is -2.43. The van der Waals surface area contributed by atoms with Crippen LogP contribution >= 0.6 is 0 Å². The third-order valence-electron chi connectivity index (χ3n) is 3.04. The monoisotopic (exact) mass is 365 g/mol. The van der Waals surface area contributed by atoms with Gasteiger partial charge < -0.3 is 0 Å². The molecule has 12 heteroatoms. The lowest BCUT2D eigenvalue weighted by Crippen LogP contribution is -2.36. The molecule has 0 saturated carbocycles. The molecule has 2 rings (SSSR count). The highest BCUT2D eigenvalue weighted by Crippen LogP contribution is 2.27. The maximum atomic E-state index is 12.5. The second kappa shape index (κ2) is 6.26. The van der Waals surface area contributed by atoms with Gasteiger partial charge in [-0.3, -0.25) is 18.9 Å². The van der Waals surface area contributed by atoms with Crippen molar-refractivity contribution < 1.29 is 26.4 Å². The number of amides is 1. The molecule has 8 nitrogen and oxygen atoms in total. The highest BCUT2D eigenvalue weighted by molar-refractivity contribution is 7.89. The Bertz CT molecular complexity index is 840. The number of sulfonamides is 1. The zero-order chi connectivity index (χ0) is 18.1. The summed E-state index contributed by atoms with van der Waals surface area (Å²) in [5, 5.41) is 7.12. The highest BCUT2D eigenvalue weighted by atomic mass is 32.2. The van der Waals surface area contributed by atoms with Crippen molar-refractivity contribution in [3.8, 4) is 0 Å². The second-order valence-electron chi connectivity index (χ2n) is 5.06. The first-order valence-corrected chi connectivity index (χ1v) is 8.28. The minimum absolute atomic E-state index is 0.226. The number of rotatable bonds is 5. The Morgan fingerprint density at radius 3 is 2.46 bits per heavy atom. The van der Waals surface area contributed by atoms with Crippen LogP contribution in [0.3, 0.4) is 0 Å². The molecule has 0 aromatic carbocycles. The maximum absolute atomic E-state index is 12.5. The molecule has 1 amide bonds. The number of hydrogen-bond acceptors (Lipinski definition) is 5. The van der Waals surface area contributed by atoms with E-state index in [0.717, 1.165) is 10.9 Å². The summed E-state index contributed by atoms with van der Waals surface area (Å²) < 4.78 is 65.3. The molecule has 24 heavy (non-hydrogen) atoms. The summed E-state index contributed by atoms with van der Waals surface area (Å²) in [6.45, 7) is 1.23. The fraction of sp³-hybridized carbons (Fsp3) is 0.417. The quantitative estimate of drug-likeness (QED) is 0.847. The first-order chi connectivity index (χ1) is 11.0. The number of nitrogens with one attached hydrogen (secondary N) is 1. The van der Waals surface area contributed by atoms with Crippen LogP contribution in [0.1, 0.15) is 24.4 Å². The molecule has 0 fully saturated rings. The van der Waals surface area contributed by atoms with Crippen LogP contribution in [0.5, 0.6) is 0 Å². The van der Waals surface area contributed by atoms with E-state index < -0.39 is 39.6 Å². The molecule has 0 bridgehead atoms. The van der Waals surface area contributed by atoms with Gasteiger partial charge in [0.1, 0.15) is 11.8 Å². The SMILES string of the molecule is CC(C(=O)NS(=O)(=O)Cc1ccn(C)n1)n1ccc(C(F)(F)F)n1. The number of carbonyl (C=O) groups excluding carboxylic acids is 1. The Balaban J connectivity index is 2.06. The molecule has 1 atom stereocenters. The summed E-state index contributed by atoms with van der Waals surface area (Å²) in [6, 6.07) is 0.933. The Hall–Kier alpha value is -2.37. The van der Waals surface area contributed by atoms with Crippen molar-refractivity contribution >= 4 is 15.9 Å². The molecular formula is C12H14F3N5O3S. The zero-order valence-corrected chi connectivity index (χ0v) is 13.5. The molecule has 132 valence electrons. The van der Waals surface area contributed by atoms with Gasteiger partial charge in [0, 0.05) is 19.4 Å². The van der Waals surface area contributed by atoms with E-state index in [2.05, 4.69) is 10.2 Å². The predicted octanol–water partition coefficient (Wildman–Crippen LogP) is 0.843. The van der Waals surface area contributed by atoms with Crippen LogP contribution in [0.15, 0.2) is 24.5 Å². The molecule has 2 heterocycles. The molecule has 0 spiro atoms. The number of carbonyl (C=O) groups is 1. The highest BCUT2D eigenvalue weighted by Gasteiger charge is 2.34. The zero-order valence-electron chi connectivity index (χ0n) is 12.6. The van der Waals surface area contributed by atoms with Crippen molar-refractivity contribution in [3.05, 3.63) is 35.9 Å². The van der Waals surface area contributed by atoms with Gasteiger partial charge in [-0.2, -0.15) is 23.4 Å². The van der Waals surface area contributed by atoms with E-state index in [1.807, 2.05) is 0 Å². The van der Waals surface area contributed by atoms with E-state index in [0.29, 0.717) is 6.07 Å². The Morgan fingerprint density at radius 2 is 1.96 bits per heavy atom. The van der Waals surface area contributed by atoms with Gasteiger partial charge in [0.2, 0.25) is 10.0 Å². The average Bonchev–Trinajstić information content (AvgIpc) is 3.05. The number of aryl methyl sites for hydroxylation is 1. The van der Waals surface area contributed by atoms with Crippen molar-refractivity contribution in [1.29, 1.82) is 0 Å². The van der Waals surface area contributed by atoms with Crippen LogP contribution in [-0.4, -0.2) is 33.9 Å². The molecular weight excluding hydrogens is 351 g/mol. The van der Waals surface area contributed by atoms with Gasteiger partial charge >= 0.3 is 6.18 Å². The minimum Gasteiger partial charge on any atom is -0.276 e. The Kier molecular flexibility index (Phi) is 4.69. The van der Waals surface area contributed by atoms with Crippen molar-refractivity contribution in [2.75, 3.05) is 0 Å². The second-order valence-corrected chi connectivity index (χ2v) is 6.78. The van der Waals surface area contributed by atoms with Crippen LogP contribution in [0.2, 0.25) is 0 Å². The van der Waals surface area contributed by atoms with E-state index in [-0.39, 0.29) is 5.69 Å². The molecule has 1 unspecified atom stereocenters. The van der Waals surface area contributed by atoms with E-state index in [9.17, 15) is 26.4 Å². The first-order valence-electron chi connectivity index (χ1n) is 6.63. The summed E-state index contributed by atoms with van der Waals surface area (Å²) in [4.78, 5) is 12.0. The average molecular weight is 365 g/mol. The summed E-state index contributed by atoms with van der Waals surface area (Å²) in [6.07, 6.45) is -2.15. The van der Waals surface area contributed by atoms with Gasteiger partial charge in [0.05, 0.1) is 5.69 Å². The van der Waals surface area contributed by atoms with E-state index in [1.165, 1.54) is 23.9 Å².